The fourth-order valence-corrected chi connectivity index (χ4v) is 2.61. The third-order valence-electron chi connectivity index (χ3n) is 2.62. The zero-order valence-electron chi connectivity index (χ0n) is 10.3. The van der Waals surface area contributed by atoms with Crippen LogP contribution in [-0.2, 0) is 0 Å². The number of thiocarbonyl (C=S) groups is 1. The Morgan fingerprint density at radius 1 is 1.21 bits per heavy atom. The summed E-state index contributed by atoms with van der Waals surface area (Å²) in [6, 6.07) is 14.0. The van der Waals surface area contributed by atoms with Crippen molar-refractivity contribution in [3.8, 4) is 0 Å². The summed E-state index contributed by atoms with van der Waals surface area (Å²) in [5.74, 6) is 0. The summed E-state index contributed by atoms with van der Waals surface area (Å²) in [5.41, 5.74) is 8.49. The molecule has 2 aromatic rings. The van der Waals surface area contributed by atoms with E-state index < -0.39 is 0 Å². The molecule has 0 unspecified atom stereocenters. The first-order valence-electron chi connectivity index (χ1n) is 5.60. The van der Waals surface area contributed by atoms with Crippen LogP contribution in [0.4, 0.5) is 11.4 Å². The van der Waals surface area contributed by atoms with Crippen LogP contribution in [0.1, 0.15) is 5.56 Å². The van der Waals surface area contributed by atoms with Crippen molar-refractivity contribution in [1.82, 2.24) is 0 Å². The molecule has 0 fully saturated rings. The second-order valence-electron chi connectivity index (χ2n) is 3.91. The van der Waals surface area contributed by atoms with Gasteiger partial charge in [-0.25, -0.2) is 0 Å². The third-order valence-corrected chi connectivity index (χ3v) is 4.07. The predicted molar refractivity (Wildman–Crippen MR) is 91.5 cm³/mol. The maximum absolute atomic E-state index is 5.74. The Hall–Kier alpha value is -1.04. The first-order valence-corrected chi connectivity index (χ1v) is 8.03. The van der Waals surface area contributed by atoms with Crippen molar-refractivity contribution in [1.29, 1.82) is 0 Å². The summed E-state index contributed by atoms with van der Waals surface area (Å²) >= 11 is 10.2. The highest BCUT2D eigenvalue weighted by molar-refractivity contribution is 9.10. The smallest absolute Gasteiger partial charge is 0.106 e. The van der Waals surface area contributed by atoms with Crippen LogP contribution in [0.2, 0.25) is 0 Å². The van der Waals surface area contributed by atoms with Crippen molar-refractivity contribution in [3.63, 3.8) is 0 Å². The molecule has 2 nitrogen and oxygen atoms in total. The molecular weight excluding hydrogens is 340 g/mol. The van der Waals surface area contributed by atoms with Gasteiger partial charge >= 0.3 is 0 Å². The van der Waals surface area contributed by atoms with Gasteiger partial charge < -0.3 is 11.1 Å². The van der Waals surface area contributed by atoms with Crippen LogP contribution in [-0.4, -0.2) is 11.2 Å². The predicted octanol–water partition coefficient (Wildman–Crippen LogP) is 4.55. The number of nitrogens with two attached hydrogens (primary N) is 1. The average molecular weight is 353 g/mol. The van der Waals surface area contributed by atoms with Crippen LogP contribution in [0.25, 0.3) is 0 Å². The Balaban J connectivity index is 2.31. The highest BCUT2D eigenvalue weighted by atomic mass is 79.9. The van der Waals surface area contributed by atoms with Crippen molar-refractivity contribution in [3.05, 3.63) is 52.5 Å². The fraction of sp³-hybridized carbons (Fsp3) is 0.0714. The van der Waals surface area contributed by atoms with E-state index in [9.17, 15) is 0 Å². The van der Waals surface area contributed by atoms with E-state index in [2.05, 4.69) is 39.6 Å². The zero-order valence-corrected chi connectivity index (χ0v) is 13.5. The van der Waals surface area contributed by atoms with Gasteiger partial charge in [0.25, 0.3) is 0 Å². The number of anilines is 2. The topological polar surface area (TPSA) is 38.0 Å². The van der Waals surface area contributed by atoms with Crippen molar-refractivity contribution in [2.24, 2.45) is 5.73 Å². The van der Waals surface area contributed by atoms with Gasteiger partial charge in [-0.3, -0.25) is 0 Å². The second kappa shape index (κ2) is 6.41. The van der Waals surface area contributed by atoms with Gasteiger partial charge in [0.15, 0.2) is 0 Å². The van der Waals surface area contributed by atoms with Gasteiger partial charge in [0.05, 0.1) is 0 Å². The first kappa shape index (κ1) is 14.4. The zero-order chi connectivity index (χ0) is 13.8. The molecule has 19 heavy (non-hydrogen) atoms. The van der Waals surface area contributed by atoms with Crippen LogP contribution in [0.5, 0.6) is 0 Å². The molecule has 0 aliphatic rings. The number of benzene rings is 2. The van der Waals surface area contributed by atoms with E-state index in [0.717, 1.165) is 21.4 Å². The molecule has 2 rings (SSSR count). The van der Waals surface area contributed by atoms with E-state index in [4.69, 9.17) is 18.0 Å². The Morgan fingerprint density at radius 2 is 1.89 bits per heavy atom. The number of hydrogen-bond donors (Lipinski definition) is 2. The monoisotopic (exact) mass is 352 g/mol. The average Bonchev–Trinajstić information content (AvgIpc) is 2.39. The van der Waals surface area contributed by atoms with Crippen LogP contribution in [0.15, 0.2) is 51.8 Å². The van der Waals surface area contributed by atoms with Gasteiger partial charge in [0, 0.05) is 26.3 Å². The van der Waals surface area contributed by atoms with E-state index in [1.165, 1.54) is 4.90 Å². The van der Waals surface area contributed by atoms with Crippen LogP contribution >= 0.6 is 39.9 Å². The molecule has 0 amide bonds. The van der Waals surface area contributed by atoms with Gasteiger partial charge in [-0.1, -0.05) is 28.1 Å². The largest absolute Gasteiger partial charge is 0.389 e. The number of thioether (sulfide) groups is 1. The lowest BCUT2D eigenvalue weighted by Gasteiger charge is -2.12. The Labute approximate surface area is 130 Å². The minimum atomic E-state index is 0.385. The summed E-state index contributed by atoms with van der Waals surface area (Å²) in [6.07, 6.45) is 2.06. The molecule has 98 valence electrons. The van der Waals surface area contributed by atoms with Crippen molar-refractivity contribution in [2.45, 2.75) is 4.90 Å². The van der Waals surface area contributed by atoms with Gasteiger partial charge in [0.1, 0.15) is 4.99 Å². The van der Waals surface area contributed by atoms with Crippen LogP contribution in [0, 0.1) is 0 Å². The van der Waals surface area contributed by atoms with Crippen molar-refractivity contribution >= 4 is 56.3 Å². The first-order chi connectivity index (χ1) is 9.10. The summed E-state index contributed by atoms with van der Waals surface area (Å²) in [4.78, 5) is 1.62. The second-order valence-corrected chi connectivity index (χ2v) is 6.14. The highest BCUT2D eigenvalue weighted by Gasteiger charge is 2.06. The molecule has 0 aliphatic carbocycles. The molecule has 0 saturated carbocycles. The van der Waals surface area contributed by atoms with E-state index in [1.807, 2.05) is 30.3 Å². The van der Waals surface area contributed by atoms with Crippen LogP contribution in [0.3, 0.4) is 0 Å². The Kier molecular flexibility index (Phi) is 4.85. The summed E-state index contributed by atoms with van der Waals surface area (Å²) in [5, 5.41) is 3.34. The maximum atomic E-state index is 5.74. The quantitative estimate of drug-likeness (QED) is 0.625. The third kappa shape index (κ3) is 3.72. The van der Waals surface area contributed by atoms with E-state index in [1.54, 1.807) is 11.8 Å². The number of hydrogen-bond acceptors (Lipinski definition) is 3. The molecule has 0 saturated heterocycles. The molecule has 0 radical (unpaired) electrons. The fourth-order valence-electron chi connectivity index (χ4n) is 1.66. The lowest BCUT2D eigenvalue weighted by Crippen LogP contribution is -2.11. The van der Waals surface area contributed by atoms with Gasteiger partial charge in [-0.2, -0.15) is 0 Å². The SMILES string of the molecule is CSc1ccc(Nc2cc(Br)ccc2C(N)=S)cc1. The molecule has 0 heterocycles. The standard InChI is InChI=1S/C14H13BrN2S2/c1-19-11-5-3-10(4-6-11)17-13-8-9(15)2-7-12(13)14(16)18/h2-8,17H,1H3,(H2,16,18). The Morgan fingerprint density at radius 3 is 2.47 bits per heavy atom. The molecule has 0 aromatic heterocycles. The number of nitrogens with one attached hydrogen (secondary N) is 1. The molecule has 3 N–H and O–H groups in total. The van der Waals surface area contributed by atoms with Crippen LogP contribution < -0.4 is 11.1 Å². The number of rotatable bonds is 4. The van der Waals surface area contributed by atoms with E-state index >= 15 is 0 Å². The molecule has 0 spiro atoms. The minimum Gasteiger partial charge on any atom is -0.389 e. The van der Waals surface area contributed by atoms with E-state index in [-0.39, 0.29) is 0 Å². The molecular formula is C14H13BrN2S2. The molecule has 0 atom stereocenters. The highest BCUT2D eigenvalue weighted by Crippen LogP contribution is 2.26. The molecule has 2 aromatic carbocycles. The van der Waals surface area contributed by atoms with Gasteiger partial charge in [0.2, 0.25) is 0 Å². The lowest BCUT2D eigenvalue weighted by molar-refractivity contribution is 1.44. The van der Waals surface area contributed by atoms with Crippen molar-refractivity contribution < 1.29 is 0 Å². The molecule has 0 bridgehead atoms. The molecule has 0 aliphatic heterocycles. The summed E-state index contributed by atoms with van der Waals surface area (Å²) in [7, 11) is 0. The molecule has 5 heteroatoms. The number of halogens is 1. The summed E-state index contributed by atoms with van der Waals surface area (Å²) < 4.78 is 0.982. The normalized spacial score (nSPS) is 10.2. The minimum absolute atomic E-state index is 0.385. The maximum Gasteiger partial charge on any atom is 0.106 e. The lowest BCUT2D eigenvalue weighted by atomic mass is 10.1. The van der Waals surface area contributed by atoms with E-state index in [0.29, 0.717) is 4.99 Å². The van der Waals surface area contributed by atoms with Crippen molar-refractivity contribution in [2.75, 3.05) is 11.6 Å². The Bertz CT molecular complexity index is 597. The van der Waals surface area contributed by atoms with Gasteiger partial charge in [-0.15, -0.1) is 11.8 Å². The van der Waals surface area contributed by atoms with Gasteiger partial charge in [-0.05, 0) is 48.7 Å². The summed E-state index contributed by atoms with van der Waals surface area (Å²) in [6.45, 7) is 0.